The van der Waals surface area contributed by atoms with Crippen LogP contribution in [0.5, 0.6) is 11.5 Å². The summed E-state index contributed by atoms with van der Waals surface area (Å²) in [7, 11) is 2.97. The molecule has 31 heavy (non-hydrogen) atoms. The normalized spacial score (nSPS) is 15.1. The quantitative estimate of drug-likeness (QED) is 0.675. The number of ether oxygens (including phenoxy) is 3. The minimum Gasteiger partial charge on any atom is -0.493 e. The van der Waals surface area contributed by atoms with Gasteiger partial charge in [0.25, 0.3) is 5.56 Å². The van der Waals surface area contributed by atoms with Gasteiger partial charge in [0.2, 0.25) is 11.8 Å². The number of hydrogen-bond donors (Lipinski definition) is 1. The largest absolute Gasteiger partial charge is 0.493 e. The SMILES string of the molecule is COc1cc2ncn(CC(=O)N[C@@H](C(=O)N3CCOCC3)C(C)C)c(=O)c2cc1OC. The standard InChI is InChI=1S/C21H28N4O6/c1-13(2)19(21(28)24-5-7-31-8-6-24)23-18(26)11-25-12-22-15-10-17(30-4)16(29-3)9-14(15)20(25)27/h9-10,12-13,19H,5-8,11H2,1-4H3,(H,23,26)/t19-/m1/s1. The van der Waals surface area contributed by atoms with Gasteiger partial charge in [-0.05, 0) is 12.0 Å². The number of amides is 2. The Labute approximate surface area is 180 Å². The lowest BCUT2D eigenvalue weighted by Crippen LogP contribution is -2.54. The van der Waals surface area contributed by atoms with E-state index in [1.165, 1.54) is 31.2 Å². The number of carbonyl (C=O) groups excluding carboxylic acids is 2. The average Bonchev–Trinajstić information content (AvgIpc) is 2.78. The number of nitrogens with one attached hydrogen (secondary N) is 1. The third-order valence-corrected chi connectivity index (χ3v) is 5.22. The van der Waals surface area contributed by atoms with E-state index in [0.717, 1.165) is 0 Å². The van der Waals surface area contributed by atoms with Crippen LogP contribution in [-0.2, 0) is 20.9 Å². The van der Waals surface area contributed by atoms with E-state index in [0.29, 0.717) is 48.7 Å². The molecule has 1 fully saturated rings. The van der Waals surface area contributed by atoms with E-state index in [9.17, 15) is 14.4 Å². The number of methoxy groups -OCH3 is 2. The van der Waals surface area contributed by atoms with E-state index >= 15 is 0 Å². The number of morpholine rings is 1. The zero-order valence-electron chi connectivity index (χ0n) is 18.2. The molecule has 1 aliphatic rings. The van der Waals surface area contributed by atoms with Crippen molar-refractivity contribution in [1.82, 2.24) is 19.8 Å². The summed E-state index contributed by atoms with van der Waals surface area (Å²) in [6.07, 6.45) is 1.31. The number of benzene rings is 1. The van der Waals surface area contributed by atoms with Gasteiger partial charge in [0.15, 0.2) is 11.5 Å². The van der Waals surface area contributed by atoms with Gasteiger partial charge < -0.3 is 24.4 Å². The van der Waals surface area contributed by atoms with Crippen molar-refractivity contribution in [3.63, 3.8) is 0 Å². The van der Waals surface area contributed by atoms with E-state index in [1.54, 1.807) is 11.0 Å². The van der Waals surface area contributed by atoms with Gasteiger partial charge in [0.05, 0.1) is 44.7 Å². The van der Waals surface area contributed by atoms with Gasteiger partial charge in [-0.25, -0.2) is 4.98 Å². The Bertz CT molecular complexity index is 1010. The molecule has 1 aromatic heterocycles. The van der Waals surface area contributed by atoms with Crippen LogP contribution in [-0.4, -0.2) is 72.8 Å². The van der Waals surface area contributed by atoms with Crippen LogP contribution in [0.2, 0.25) is 0 Å². The lowest BCUT2D eigenvalue weighted by molar-refractivity contribution is -0.141. The topological polar surface area (TPSA) is 112 Å². The molecular formula is C21H28N4O6. The zero-order valence-corrected chi connectivity index (χ0v) is 18.2. The van der Waals surface area contributed by atoms with E-state index in [2.05, 4.69) is 10.3 Å². The molecule has 0 bridgehead atoms. The lowest BCUT2D eigenvalue weighted by atomic mass is 10.0. The van der Waals surface area contributed by atoms with E-state index in [1.807, 2.05) is 13.8 Å². The second-order valence-corrected chi connectivity index (χ2v) is 7.63. The maximum atomic E-state index is 12.9. The van der Waals surface area contributed by atoms with Crippen molar-refractivity contribution in [2.75, 3.05) is 40.5 Å². The molecule has 1 N–H and O–H groups in total. The molecule has 1 saturated heterocycles. The highest BCUT2D eigenvalue weighted by Gasteiger charge is 2.29. The lowest BCUT2D eigenvalue weighted by Gasteiger charge is -2.32. The molecule has 0 unspecified atom stereocenters. The molecule has 0 radical (unpaired) electrons. The first kappa shape index (κ1) is 22.5. The highest BCUT2D eigenvalue weighted by atomic mass is 16.5. The Morgan fingerprint density at radius 2 is 1.81 bits per heavy atom. The molecule has 10 heteroatoms. The van der Waals surface area contributed by atoms with Gasteiger partial charge in [0.1, 0.15) is 12.6 Å². The molecule has 2 heterocycles. The van der Waals surface area contributed by atoms with Crippen LogP contribution in [0.25, 0.3) is 10.9 Å². The summed E-state index contributed by atoms with van der Waals surface area (Å²) >= 11 is 0. The molecule has 168 valence electrons. The highest BCUT2D eigenvalue weighted by Crippen LogP contribution is 2.29. The molecule has 0 saturated carbocycles. The smallest absolute Gasteiger partial charge is 0.261 e. The van der Waals surface area contributed by atoms with Gasteiger partial charge in [-0.15, -0.1) is 0 Å². The maximum Gasteiger partial charge on any atom is 0.261 e. The first-order valence-corrected chi connectivity index (χ1v) is 10.1. The first-order valence-electron chi connectivity index (χ1n) is 10.1. The van der Waals surface area contributed by atoms with Crippen LogP contribution in [0, 0.1) is 5.92 Å². The Balaban J connectivity index is 1.79. The number of aromatic nitrogens is 2. The zero-order chi connectivity index (χ0) is 22.5. The summed E-state index contributed by atoms with van der Waals surface area (Å²) in [6, 6.07) is 2.46. The number of hydrogen-bond acceptors (Lipinski definition) is 7. The molecule has 0 aliphatic carbocycles. The predicted octanol–water partition coefficient (Wildman–Crippen LogP) is 0.413. The molecule has 3 rings (SSSR count). The summed E-state index contributed by atoms with van der Waals surface area (Å²) in [5.41, 5.74) is 0.0450. The van der Waals surface area contributed by atoms with Gasteiger partial charge in [-0.2, -0.15) is 0 Å². The van der Waals surface area contributed by atoms with Crippen molar-refractivity contribution in [3.8, 4) is 11.5 Å². The minimum absolute atomic E-state index is 0.109. The maximum absolute atomic E-state index is 12.9. The molecule has 1 aromatic carbocycles. The fourth-order valence-corrected chi connectivity index (χ4v) is 3.47. The van der Waals surface area contributed by atoms with Crippen LogP contribution < -0.4 is 20.3 Å². The predicted molar refractivity (Wildman–Crippen MR) is 113 cm³/mol. The number of nitrogens with zero attached hydrogens (tertiary/aromatic N) is 3. The molecule has 2 aromatic rings. The molecule has 1 aliphatic heterocycles. The van der Waals surface area contributed by atoms with E-state index < -0.39 is 11.9 Å². The summed E-state index contributed by atoms with van der Waals surface area (Å²) < 4.78 is 17.0. The summed E-state index contributed by atoms with van der Waals surface area (Å²) in [5.74, 6) is 0.157. The van der Waals surface area contributed by atoms with Crippen LogP contribution >= 0.6 is 0 Å². The van der Waals surface area contributed by atoms with Crippen molar-refractivity contribution >= 4 is 22.7 Å². The Morgan fingerprint density at radius 3 is 2.42 bits per heavy atom. The highest BCUT2D eigenvalue weighted by molar-refractivity contribution is 5.88. The van der Waals surface area contributed by atoms with Gasteiger partial charge in [-0.3, -0.25) is 19.0 Å². The molecule has 0 spiro atoms. The van der Waals surface area contributed by atoms with Gasteiger partial charge >= 0.3 is 0 Å². The summed E-state index contributed by atoms with van der Waals surface area (Å²) in [5, 5.41) is 3.08. The molecular weight excluding hydrogens is 404 g/mol. The van der Waals surface area contributed by atoms with Crippen LogP contribution in [0.4, 0.5) is 0 Å². The Hall–Kier alpha value is -3.14. The van der Waals surface area contributed by atoms with Crippen molar-refractivity contribution in [3.05, 3.63) is 28.8 Å². The van der Waals surface area contributed by atoms with Crippen molar-refractivity contribution in [2.45, 2.75) is 26.4 Å². The second-order valence-electron chi connectivity index (χ2n) is 7.63. The van der Waals surface area contributed by atoms with Crippen molar-refractivity contribution in [2.24, 2.45) is 5.92 Å². The van der Waals surface area contributed by atoms with E-state index in [4.69, 9.17) is 14.2 Å². The molecule has 10 nitrogen and oxygen atoms in total. The fraction of sp³-hybridized carbons (Fsp3) is 0.524. The second kappa shape index (κ2) is 9.78. The summed E-state index contributed by atoms with van der Waals surface area (Å²) in [6.45, 7) is 5.44. The van der Waals surface area contributed by atoms with Gasteiger partial charge in [-0.1, -0.05) is 13.8 Å². The van der Waals surface area contributed by atoms with E-state index in [-0.39, 0.29) is 23.9 Å². The fourth-order valence-electron chi connectivity index (χ4n) is 3.47. The van der Waals surface area contributed by atoms with Crippen molar-refractivity contribution < 1.29 is 23.8 Å². The minimum atomic E-state index is -0.681. The molecule has 2 amide bonds. The first-order chi connectivity index (χ1) is 14.8. The van der Waals surface area contributed by atoms with Crippen molar-refractivity contribution in [1.29, 1.82) is 0 Å². The number of fused-ring (bicyclic) bond motifs is 1. The van der Waals surface area contributed by atoms with Gasteiger partial charge in [0, 0.05) is 19.2 Å². The summed E-state index contributed by atoms with van der Waals surface area (Å²) in [4.78, 5) is 44.4. The van der Waals surface area contributed by atoms with Crippen LogP contribution in [0.15, 0.2) is 23.3 Å². The number of rotatable bonds is 7. The third kappa shape index (κ3) is 4.96. The Morgan fingerprint density at radius 1 is 1.16 bits per heavy atom. The Kier molecular flexibility index (Phi) is 7.11. The van der Waals surface area contributed by atoms with Crippen LogP contribution in [0.3, 0.4) is 0 Å². The monoisotopic (exact) mass is 432 g/mol. The van der Waals surface area contributed by atoms with Crippen LogP contribution in [0.1, 0.15) is 13.8 Å². The number of carbonyl (C=O) groups is 2. The molecule has 1 atom stereocenters. The average molecular weight is 432 g/mol. The third-order valence-electron chi connectivity index (χ3n) is 5.22.